The number of hydrazone groups is 1. The molecule has 1 amide bonds. The van der Waals surface area contributed by atoms with Crippen molar-refractivity contribution in [2.75, 3.05) is 42.6 Å². The van der Waals surface area contributed by atoms with Crippen LogP contribution in [0.1, 0.15) is 21.5 Å². The molecule has 232 valence electrons. The Morgan fingerprint density at radius 2 is 1.71 bits per heavy atom. The van der Waals surface area contributed by atoms with Crippen LogP contribution in [0.2, 0.25) is 0 Å². The van der Waals surface area contributed by atoms with E-state index in [-0.39, 0.29) is 28.4 Å². The van der Waals surface area contributed by atoms with Crippen molar-refractivity contribution in [3.63, 3.8) is 0 Å². The van der Waals surface area contributed by atoms with E-state index in [1.165, 1.54) is 48.0 Å². The molecular formula is C32H31N5O7S. The Kier molecular flexibility index (Phi) is 9.70. The van der Waals surface area contributed by atoms with Crippen LogP contribution in [-0.4, -0.2) is 58.9 Å². The molecule has 0 unspecified atom stereocenters. The van der Waals surface area contributed by atoms with E-state index in [9.17, 15) is 23.3 Å². The maximum absolute atomic E-state index is 14.0. The normalized spacial score (nSPS) is 13.4. The summed E-state index contributed by atoms with van der Waals surface area (Å²) in [6, 6.07) is 25.8. The molecular weight excluding hydrogens is 598 g/mol. The fourth-order valence-corrected chi connectivity index (χ4v) is 6.35. The van der Waals surface area contributed by atoms with E-state index >= 15 is 0 Å². The van der Waals surface area contributed by atoms with Crippen LogP contribution in [0.5, 0.6) is 5.75 Å². The van der Waals surface area contributed by atoms with E-state index in [0.29, 0.717) is 48.9 Å². The molecule has 1 N–H and O–H groups in total. The summed E-state index contributed by atoms with van der Waals surface area (Å²) in [4.78, 5) is 26.5. The number of morpholine rings is 1. The minimum atomic E-state index is -4.15. The number of amides is 1. The van der Waals surface area contributed by atoms with Gasteiger partial charge in [-0.2, -0.15) is 5.10 Å². The highest BCUT2D eigenvalue weighted by molar-refractivity contribution is 7.92. The lowest BCUT2D eigenvalue weighted by Gasteiger charge is -2.29. The number of para-hydroxylation sites is 1. The Morgan fingerprint density at radius 3 is 2.40 bits per heavy atom. The van der Waals surface area contributed by atoms with Gasteiger partial charge in [-0.25, -0.2) is 13.8 Å². The van der Waals surface area contributed by atoms with E-state index in [2.05, 4.69) is 10.5 Å². The number of carbonyl (C=O) groups is 1. The van der Waals surface area contributed by atoms with Crippen molar-refractivity contribution in [2.45, 2.75) is 11.4 Å². The van der Waals surface area contributed by atoms with E-state index in [1.807, 2.05) is 11.0 Å². The number of methoxy groups -OCH3 is 1. The van der Waals surface area contributed by atoms with E-state index in [4.69, 9.17) is 9.47 Å². The number of ether oxygens (including phenoxy) is 2. The third kappa shape index (κ3) is 7.28. The molecule has 1 saturated heterocycles. The Morgan fingerprint density at radius 1 is 1.02 bits per heavy atom. The summed E-state index contributed by atoms with van der Waals surface area (Å²) in [7, 11) is -2.66. The first-order valence-electron chi connectivity index (χ1n) is 14.0. The quantitative estimate of drug-likeness (QED) is 0.144. The van der Waals surface area contributed by atoms with Crippen molar-refractivity contribution in [3.8, 4) is 5.75 Å². The van der Waals surface area contributed by atoms with E-state index < -0.39 is 20.9 Å². The number of nitrogens with one attached hydrogen (secondary N) is 1. The second kappa shape index (κ2) is 14.0. The topological polar surface area (TPSA) is 144 Å². The Labute approximate surface area is 260 Å². The van der Waals surface area contributed by atoms with Crippen LogP contribution in [0.3, 0.4) is 0 Å². The third-order valence-electron chi connectivity index (χ3n) is 7.18. The second-order valence-corrected chi connectivity index (χ2v) is 11.9. The average molecular weight is 630 g/mol. The molecule has 5 rings (SSSR count). The Hall–Kier alpha value is -5.27. The predicted octanol–water partition coefficient (Wildman–Crippen LogP) is 4.60. The minimum Gasteiger partial charge on any atom is -0.497 e. The maximum Gasteiger partial charge on any atom is 0.273 e. The number of anilines is 2. The van der Waals surface area contributed by atoms with Crippen LogP contribution in [0.4, 0.5) is 17.1 Å². The molecule has 0 aromatic heterocycles. The van der Waals surface area contributed by atoms with Gasteiger partial charge in [0.1, 0.15) is 5.75 Å². The van der Waals surface area contributed by atoms with Crippen LogP contribution >= 0.6 is 0 Å². The molecule has 4 aromatic carbocycles. The Bertz CT molecular complexity index is 1790. The van der Waals surface area contributed by atoms with Crippen molar-refractivity contribution in [3.05, 3.63) is 124 Å². The molecule has 0 atom stereocenters. The highest BCUT2D eigenvalue weighted by Gasteiger charge is 2.29. The zero-order valence-electron chi connectivity index (χ0n) is 24.4. The molecule has 0 spiro atoms. The molecule has 0 aliphatic carbocycles. The lowest BCUT2D eigenvalue weighted by molar-refractivity contribution is -0.384. The monoisotopic (exact) mass is 629 g/mol. The van der Waals surface area contributed by atoms with Crippen molar-refractivity contribution in [2.24, 2.45) is 5.10 Å². The predicted molar refractivity (Wildman–Crippen MR) is 170 cm³/mol. The number of benzene rings is 4. The summed E-state index contributed by atoms with van der Waals surface area (Å²) in [6.07, 6.45) is 1.34. The number of hydrogen-bond acceptors (Lipinski definition) is 9. The fourth-order valence-electron chi connectivity index (χ4n) is 4.88. The van der Waals surface area contributed by atoms with Crippen molar-refractivity contribution in [1.82, 2.24) is 5.43 Å². The molecule has 13 heteroatoms. The van der Waals surface area contributed by atoms with Gasteiger partial charge in [0.25, 0.3) is 21.6 Å². The Balaban J connectivity index is 1.47. The summed E-state index contributed by atoms with van der Waals surface area (Å²) in [5, 5.41) is 15.6. The van der Waals surface area contributed by atoms with Crippen LogP contribution in [-0.2, 0) is 21.3 Å². The van der Waals surface area contributed by atoms with Crippen molar-refractivity contribution in [1.29, 1.82) is 0 Å². The molecule has 12 nitrogen and oxygen atoms in total. The van der Waals surface area contributed by atoms with Crippen LogP contribution in [0, 0.1) is 10.1 Å². The van der Waals surface area contributed by atoms with Gasteiger partial charge in [-0.15, -0.1) is 0 Å². The molecule has 0 radical (unpaired) electrons. The van der Waals surface area contributed by atoms with Gasteiger partial charge in [0.05, 0.1) is 54.2 Å². The zero-order chi connectivity index (χ0) is 31.8. The number of nitro groups is 1. The molecule has 45 heavy (non-hydrogen) atoms. The largest absolute Gasteiger partial charge is 0.497 e. The summed E-state index contributed by atoms with van der Waals surface area (Å²) in [5.41, 5.74) is 4.42. The van der Waals surface area contributed by atoms with Gasteiger partial charge in [-0.3, -0.25) is 19.2 Å². The fraction of sp³-hybridized carbons (Fsp3) is 0.188. The number of sulfonamides is 1. The first kappa shape index (κ1) is 31.2. The highest BCUT2D eigenvalue weighted by Crippen LogP contribution is 2.30. The van der Waals surface area contributed by atoms with Gasteiger partial charge < -0.3 is 14.4 Å². The van der Waals surface area contributed by atoms with Gasteiger partial charge in [0, 0.05) is 36.5 Å². The molecule has 0 saturated carbocycles. The summed E-state index contributed by atoms with van der Waals surface area (Å²) < 4.78 is 39.9. The SMILES string of the molecule is COc1ccc(S(=O)(=O)N(Cc2ccccc2)c2ccccc2C(=O)NN=Cc2cc([N+](=O)[O-])ccc2N2CCOCC2)cc1. The lowest BCUT2D eigenvalue weighted by Crippen LogP contribution is -2.36. The first-order valence-corrected chi connectivity index (χ1v) is 15.5. The lowest BCUT2D eigenvalue weighted by atomic mass is 10.1. The van der Waals surface area contributed by atoms with E-state index in [0.717, 1.165) is 0 Å². The maximum atomic E-state index is 14.0. The molecule has 4 aromatic rings. The van der Waals surface area contributed by atoms with Gasteiger partial charge >= 0.3 is 0 Å². The number of non-ortho nitro benzene ring substituents is 1. The van der Waals surface area contributed by atoms with Gasteiger partial charge in [0.2, 0.25) is 0 Å². The second-order valence-electron chi connectivity index (χ2n) is 9.99. The zero-order valence-corrected chi connectivity index (χ0v) is 25.2. The van der Waals surface area contributed by atoms with Crippen molar-refractivity contribution >= 4 is 39.2 Å². The number of rotatable bonds is 11. The van der Waals surface area contributed by atoms with Crippen molar-refractivity contribution < 1.29 is 27.6 Å². The van der Waals surface area contributed by atoms with Gasteiger partial charge in [-0.1, -0.05) is 42.5 Å². The smallest absolute Gasteiger partial charge is 0.273 e. The van der Waals surface area contributed by atoms with Gasteiger partial charge in [0.15, 0.2) is 0 Å². The van der Waals surface area contributed by atoms with Crippen LogP contribution in [0.15, 0.2) is 107 Å². The first-order chi connectivity index (χ1) is 21.8. The van der Waals surface area contributed by atoms with Crippen LogP contribution in [0.25, 0.3) is 0 Å². The standard InChI is InChI=1S/C32H31N5O7S/c1-43-27-12-14-28(15-13-27)45(41,42)36(23-24-7-3-2-4-8-24)31-10-6-5-9-29(31)32(38)34-33-22-25-21-26(37(39)40)11-16-30(25)35-17-19-44-20-18-35/h2-16,21-22H,17-20,23H2,1H3,(H,34,38). The molecule has 1 aliphatic rings. The van der Waals surface area contributed by atoms with Crippen LogP contribution < -0.4 is 19.4 Å². The number of nitrogens with zero attached hydrogens (tertiary/aromatic N) is 4. The minimum absolute atomic E-state index is 0.0220. The average Bonchev–Trinajstić information content (AvgIpc) is 3.08. The molecule has 1 aliphatic heterocycles. The number of carbonyl (C=O) groups excluding carboxylic acids is 1. The summed E-state index contributed by atoms with van der Waals surface area (Å²) >= 11 is 0. The molecule has 1 heterocycles. The summed E-state index contributed by atoms with van der Waals surface area (Å²) in [6.45, 7) is 2.18. The number of nitro benzene ring substituents is 1. The third-order valence-corrected chi connectivity index (χ3v) is 8.95. The number of hydrogen-bond donors (Lipinski definition) is 1. The van der Waals surface area contributed by atoms with Gasteiger partial charge in [-0.05, 0) is 48.0 Å². The summed E-state index contributed by atoms with van der Waals surface area (Å²) in [5.74, 6) is -0.162. The van der Waals surface area contributed by atoms with E-state index in [1.54, 1.807) is 60.7 Å². The highest BCUT2D eigenvalue weighted by atomic mass is 32.2. The molecule has 0 bridgehead atoms. The molecule has 1 fully saturated rings.